The van der Waals surface area contributed by atoms with Crippen LogP contribution in [0.4, 0.5) is 5.82 Å². The van der Waals surface area contributed by atoms with Crippen molar-refractivity contribution in [1.82, 2.24) is 9.88 Å². The number of nitrogens with zero attached hydrogens (tertiary/aromatic N) is 4. The van der Waals surface area contributed by atoms with E-state index in [-0.39, 0.29) is 0 Å². The molecule has 4 nitrogen and oxygen atoms in total. The van der Waals surface area contributed by atoms with Gasteiger partial charge in [-0.05, 0) is 36.8 Å². The van der Waals surface area contributed by atoms with Gasteiger partial charge in [-0.1, -0.05) is 24.6 Å². The molecule has 1 saturated carbocycles. The van der Waals surface area contributed by atoms with Crippen LogP contribution in [0, 0.1) is 23.2 Å². The lowest BCUT2D eigenvalue weighted by Gasteiger charge is -2.45. The summed E-state index contributed by atoms with van der Waals surface area (Å²) in [5, 5.41) is 10.4. The third kappa shape index (κ3) is 2.19. The molecular weight excluding hydrogens is 296 g/mol. The highest BCUT2D eigenvalue weighted by atomic mass is 15.3. The first-order chi connectivity index (χ1) is 11.8. The van der Waals surface area contributed by atoms with Gasteiger partial charge in [-0.25, -0.2) is 4.98 Å². The van der Waals surface area contributed by atoms with Crippen LogP contribution < -0.4 is 4.90 Å². The lowest BCUT2D eigenvalue weighted by atomic mass is 10.0. The summed E-state index contributed by atoms with van der Waals surface area (Å²) in [6, 6.07) is 12.9. The molecule has 2 aromatic rings. The molecule has 3 aliphatic rings. The molecule has 4 heteroatoms. The van der Waals surface area contributed by atoms with Gasteiger partial charge in [0.2, 0.25) is 0 Å². The van der Waals surface area contributed by atoms with Gasteiger partial charge in [-0.15, -0.1) is 0 Å². The molecule has 2 atom stereocenters. The zero-order valence-corrected chi connectivity index (χ0v) is 13.9. The Morgan fingerprint density at radius 3 is 2.54 bits per heavy atom. The lowest BCUT2D eigenvalue weighted by Crippen LogP contribution is -2.59. The quantitative estimate of drug-likeness (QED) is 0.854. The highest BCUT2D eigenvalue weighted by Gasteiger charge is 2.42. The van der Waals surface area contributed by atoms with Gasteiger partial charge in [0.1, 0.15) is 5.82 Å². The molecule has 1 aromatic carbocycles. The van der Waals surface area contributed by atoms with Crippen LogP contribution in [-0.2, 0) is 0 Å². The van der Waals surface area contributed by atoms with Crippen LogP contribution in [-0.4, -0.2) is 42.1 Å². The summed E-state index contributed by atoms with van der Waals surface area (Å²) in [6.07, 6.45) is 4.32. The standard InChI is InChI=1S/C20H22N4/c21-9-16-8-20(22-19-7-2-1-6-18(16)19)24-12-17(13-24)23-10-14-4-3-5-15(14)11-23/h1-2,6-8,14-15,17H,3-5,10-13H2. The van der Waals surface area contributed by atoms with Crippen LogP contribution in [0.15, 0.2) is 30.3 Å². The Bertz CT molecular complexity index is 806. The van der Waals surface area contributed by atoms with Gasteiger partial charge < -0.3 is 4.90 Å². The van der Waals surface area contributed by atoms with Gasteiger partial charge in [-0.2, -0.15) is 5.26 Å². The predicted molar refractivity (Wildman–Crippen MR) is 94.9 cm³/mol. The van der Waals surface area contributed by atoms with E-state index in [0.29, 0.717) is 6.04 Å². The third-order valence-corrected chi connectivity index (χ3v) is 6.28. The molecule has 0 amide bonds. The number of benzene rings is 1. The van der Waals surface area contributed by atoms with E-state index in [9.17, 15) is 5.26 Å². The maximum absolute atomic E-state index is 9.44. The first-order valence-corrected chi connectivity index (χ1v) is 9.11. The number of para-hydroxylation sites is 1. The third-order valence-electron chi connectivity index (χ3n) is 6.28. The molecule has 1 aliphatic carbocycles. The molecule has 2 saturated heterocycles. The first-order valence-electron chi connectivity index (χ1n) is 9.11. The minimum absolute atomic E-state index is 0.675. The monoisotopic (exact) mass is 318 g/mol. The van der Waals surface area contributed by atoms with E-state index in [0.717, 1.165) is 47.2 Å². The van der Waals surface area contributed by atoms with Gasteiger partial charge in [0.25, 0.3) is 0 Å². The van der Waals surface area contributed by atoms with Crippen molar-refractivity contribution in [3.8, 4) is 6.07 Å². The SMILES string of the molecule is N#Cc1cc(N2CC(N3CC4CCCC4C3)C2)nc2ccccc12. The number of nitriles is 1. The molecule has 24 heavy (non-hydrogen) atoms. The summed E-state index contributed by atoms with van der Waals surface area (Å²) in [5.41, 5.74) is 1.65. The number of hydrogen-bond acceptors (Lipinski definition) is 4. The van der Waals surface area contributed by atoms with Gasteiger partial charge >= 0.3 is 0 Å². The number of pyridine rings is 1. The molecule has 0 spiro atoms. The maximum Gasteiger partial charge on any atom is 0.130 e. The summed E-state index contributed by atoms with van der Waals surface area (Å²) < 4.78 is 0. The number of fused-ring (bicyclic) bond motifs is 2. The summed E-state index contributed by atoms with van der Waals surface area (Å²) in [4.78, 5) is 9.81. The first kappa shape index (κ1) is 14.2. The average molecular weight is 318 g/mol. The van der Waals surface area contributed by atoms with E-state index in [1.54, 1.807) is 0 Å². The van der Waals surface area contributed by atoms with Crippen LogP contribution >= 0.6 is 0 Å². The summed E-state index contributed by atoms with van der Waals surface area (Å²) in [6.45, 7) is 4.71. The van der Waals surface area contributed by atoms with Gasteiger partial charge in [0, 0.05) is 37.6 Å². The van der Waals surface area contributed by atoms with Crippen molar-refractivity contribution in [2.24, 2.45) is 11.8 Å². The van der Waals surface area contributed by atoms with Crippen LogP contribution in [0.5, 0.6) is 0 Å². The van der Waals surface area contributed by atoms with Crippen LogP contribution in [0.3, 0.4) is 0 Å². The molecule has 3 fully saturated rings. The predicted octanol–water partition coefficient (Wildman–Crippen LogP) is 3.03. The Labute approximate surface area is 142 Å². The number of likely N-dealkylation sites (tertiary alicyclic amines) is 1. The molecule has 0 N–H and O–H groups in total. The van der Waals surface area contributed by atoms with E-state index in [1.165, 1.54) is 32.4 Å². The van der Waals surface area contributed by atoms with Crippen molar-refractivity contribution in [1.29, 1.82) is 5.26 Å². The van der Waals surface area contributed by atoms with E-state index < -0.39 is 0 Å². The van der Waals surface area contributed by atoms with Gasteiger partial charge in [-0.3, -0.25) is 4.90 Å². The fourth-order valence-electron chi connectivity index (χ4n) is 4.86. The molecular formula is C20H22N4. The molecule has 0 bridgehead atoms. The average Bonchev–Trinajstić information content (AvgIpc) is 3.14. The summed E-state index contributed by atoms with van der Waals surface area (Å²) >= 11 is 0. The number of anilines is 1. The Morgan fingerprint density at radius 1 is 1.04 bits per heavy atom. The largest absolute Gasteiger partial charge is 0.353 e. The van der Waals surface area contributed by atoms with Gasteiger partial charge in [0.05, 0.1) is 17.1 Å². The van der Waals surface area contributed by atoms with Crippen molar-refractivity contribution in [3.63, 3.8) is 0 Å². The van der Waals surface area contributed by atoms with Crippen LogP contribution in [0.1, 0.15) is 24.8 Å². The Hall–Kier alpha value is -2.12. The molecule has 5 rings (SSSR count). The van der Waals surface area contributed by atoms with Crippen molar-refractivity contribution < 1.29 is 0 Å². The van der Waals surface area contributed by atoms with Crippen molar-refractivity contribution in [3.05, 3.63) is 35.9 Å². The number of rotatable bonds is 2. The van der Waals surface area contributed by atoms with Gasteiger partial charge in [0.15, 0.2) is 0 Å². The second kappa shape index (κ2) is 5.46. The fourth-order valence-corrected chi connectivity index (χ4v) is 4.86. The molecule has 2 aliphatic heterocycles. The lowest BCUT2D eigenvalue weighted by molar-refractivity contribution is 0.190. The minimum atomic E-state index is 0.675. The highest BCUT2D eigenvalue weighted by Crippen LogP contribution is 2.39. The summed E-state index contributed by atoms with van der Waals surface area (Å²) in [5.74, 6) is 2.88. The van der Waals surface area contributed by atoms with Crippen molar-refractivity contribution in [2.75, 3.05) is 31.1 Å². The maximum atomic E-state index is 9.44. The number of aromatic nitrogens is 1. The molecule has 0 radical (unpaired) electrons. The molecule has 2 unspecified atom stereocenters. The van der Waals surface area contributed by atoms with Crippen molar-refractivity contribution in [2.45, 2.75) is 25.3 Å². The second-order valence-electron chi connectivity index (χ2n) is 7.62. The topological polar surface area (TPSA) is 43.2 Å². The zero-order valence-electron chi connectivity index (χ0n) is 13.9. The van der Waals surface area contributed by atoms with Crippen molar-refractivity contribution >= 4 is 16.7 Å². The summed E-state index contributed by atoms with van der Waals surface area (Å²) in [7, 11) is 0. The van der Waals surface area contributed by atoms with E-state index in [2.05, 4.69) is 15.9 Å². The molecule has 3 heterocycles. The molecule has 122 valence electrons. The minimum Gasteiger partial charge on any atom is -0.353 e. The molecule has 1 aromatic heterocycles. The Balaban J connectivity index is 1.33. The highest BCUT2D eigenvalue weighted by molar-refractivity contribution is 5.86. The number of hydrogen-bond donors (Lipinski definition) is 0. The van der Waals surface area contributed by atoms with E-state index >= 15 is 0 Å². The van der Waals surface area contributed by atoms with E-state index in [4.69, 9.17) is 4.98 Å². The Kier molecular flexibility index (Phi) is 3.24. The Morgan fingerprint density at radius 2 is 1.79 bits per heavy atom. The van der Waals surface area contributed by atoms with Crippen LogP contribution in [0.2, 0.25) is 0 Å². The second-order valence-corrected chi connectivity index (χ2v) is 7.62. The van der Waals surface area contributed by atoms with E-state index in [1.807, 2.05) is 30.3 Å². The fraction of sp³-hybridized carbons (Fsp3) is 0.500. The smallest absolute Gasteiger partial charge is 0.130 e. The van der Waals surface area contributed by atoms with Crippen LogP contribution in [0.25, 0.3) is 10.9 Å². The zero-order chi connectivity index (χ0) is 16.1. The normalized spacial score (nSPS) is 27.2.